The van der Waals surface area contributed by atoms with Gasteiger partial charge in [-0.3, -0.25) is 0 Å². The molecule has 1 unspecified atom stereocenters. The van der Waals surface area contributed by atoms with Crippen molar-refractivity contribution >= 4 is 11.6 Å². The van der Waals surface area contributed by atoms with E-state index in [4.69, 9.17) is 11.6 Å². The molecule has 0 heterocycles. The molecule has 0 radical (unpaired) electrons. The lowest BCUT2D eigenvalue weighted by Gasteiger charge is -2.26. The molecule has 1 atom stereocenters. The summed E-state index contributed by atoms with van der Waals surface area (Å²) in [6.45, 7) is 0.630. The van der Waals surface area contributed by atoms with Gasteiger partial charge in [0.05, 0.1) is 0 Å². The van der Waals surface area contributed by atoms with Crippen LogP contribution < -0.4 is 5.32 Å². The fourth-order valence-electron chi connectivity index (χ4n) is 2.89. The minimum Gasteiger partial charge on any atom is -0.508 e. The minimum atomic E-state index is 0.297. The Morgan fingerprint density at radius 1 is 1.20 bits per heavy atom. The number of benzene rings is 2. The van der Waals surface area contributed by atoms with E-state index in [1.54, 1.807) is 12.1 Å². The normalized spacial score (nSPS) is 17.8. The van der Waals surface area contributed by atoms with Crippen molar-refractivity contribution in [1.82, 2.24) is 5.32 Å². The third-order valence-corrected chi connectivity index (χ3v) is 4.18. The van der Waals surface area contributed by atoms with Gasteiger partial charge >= 0.3 is 0 Å². The lowest BCUT2D eigenvalue weighted by molar-refractivity contribution is 0.438. The molecule has 3 rings (SSSR count). The Morgan fingerprint density at radius 3 is 2.95 bits per heavy atom. The van der Waals surface area contributed by atoms with Crippen LogP contribution in [0.2, 0.25) is 5.02 Å². The van der Waals surface area contributed by atoms with Crippen LogP contribution in [-0.2, 0) is 13.0 Å². The highest BCUT2D eigenvalue weighted by Gasteiger charge is 2.19. The molecule has 104 valence electrons. The number of phenolic OH excluding ortho intramolecular Hbond substituents is 1. The second kappa shape index (κ2) is 5.86. The molecule has 0 bridgehead atoms. The van der Waals surface area contributed by atoms with Crippen LogP contribution in [0.25, 0.3) is 0 Å². The zero-order chi connectivity index (χ0) is 13.9. The summed E-state index contributed by atoms with van der Waals surface area (Å²) in [5.41, 5.74) is 3.67. The molecule has 0 saturated heterocycles. The molecule has 0 amide bonds. The van der Waals surface area contributed by atoms with Crippen molar-refractivity contribution in [3.8, 4) is 5.75 Å². The van der Waals surface area contributed by atoms with E-state index >= 15 is 0 Å². The van der Waals surface area contributed by atoms with Gasteiger partial charge in [-0.05, 0) is 48.6 Å². The van der Waals surface area contributed by atoms with E-state index in [2.05, 4.69) is 29.6 Å². The Morgan fingerprint density at radius 2 is 2.05 bits per heavy atom. The summed E-state index contributed by atoms with van der Waals surface area (Å²) in [7, 11) is 0. The molecule has 0 aliphatic heterocycles. The molecule has 20 heavy (non-hydrogen) atoms. The first-order valence-electron chi connectivity index (χ1n) is 7.02. The molecule has 0 aromatic heterocycles. The van der Waals surface area contributed by atoms with Gasteiger partial charge in [0, 0.05) is 23.2 Å². The van der Waals surface area contributed by atoms with Crippen LogP contribution in [0.1, 0.15) is 35.6 Å². The maximum absolute atomic E-state index is 9.86. The monoisotopic (exact) mass is 287 g/mol. The first kappa shape index (κ1) is 13.5. The fraction of sp³-hybridized carbons (Fsp3) is 0.294. The average molecular weight is 288 g/mol. The zero-order valence-corrected chi connectivity index (χ0v) is 12.0. The first-order chi connectivity index (χ1) is 9.74. The van der Waals surface area contributed by atoms with Crippen LogP contribution >= 0.6 is 11.6 Å². The highest BCUT2D eigenvalue weighted by atomic mass is 35.5. The first-order valence-corrected chi connectivity index (χ1v) is 7.40. The number of aromatic hydroxyl groups is 1. The van der Waals surface area contributed by atoms with Crippen molar-refractivity contribution in [2.75, 3.05) is 0 Å². The molecular weight excluding hydrogens is 270 g/mol. The number of fused-ring (bicyclic) bond motifs is 1. The molecule has 0 saturated carbocycles. The third-order valence-electron chi connectivity index (χ3n) is 3.95. The van der Waals surface area contributed by atoms with Crippen molar-refractivity contribution in [3.63, 3.8) is 0 Å². The maximum atomic E-state index is 9.86. The predicted octanol–water partition coefficient (Wildman–Crippen LogP) is 4.21. The summed E-state index contributed by atoms with van der Waals surface area (Å²) < 4.78 is 0. The van der Waals surface area contributed by atoms with Gasteiger partial charge in [0.15, 0.2) is 0 Å². The molecule has 0 fully saturated rings. The van der Waals surface area contributed by atoms with Crippen LogP contribution in [0.4, 0.5) is 0 Å². The summed E-state index contributed by atoms with van der Waals surface area (Å²) in [6.07, 6.45) is 3.51. The second-order valence-corrected chi connectivity index (χ2v) is 5.73. The highest BCUT2D eigenvalue weighted by molar-refractivity contribution is 6.30. The van der Waals surface area contributed by atoms with Crippen molar-refractivity contribution < 1.29 is 5.11 Å². The van der Waals surface area contributed by atoms with Crippen LogP contribution in [0, 0.1) is 0 Å². The predicted molar refractivity (Wildman–Crippen MR) is 82.1 cm³/mol. The summed E-state index contributed by atoms with van der Waals surface area (Å²) >= 11 is 5.98. The van der Waals surface area contributed by atoms with Gasteiger partial charge in [-0.1, -0.05) is 35.9 Å². The molecule has 2 aromatic carbocycles. The van der Waals surface area contributed by atoms with Gasteiger partial charge in [-0.25, -0.2) is 0 Å². The lowest BCUT2D eigenvalue weighted by Crippen LogP contribution is -2.24. The summed E-state index contributed by atoms with van der Waals surface area (Å²) in [5.74, 6) is 0.297. The summed E-state index contributed by atoms with van der Waals surface area (Å²) in [5, 5.41) is 14.1. The van der Waals surface area contributed by atoms with Gasteiger partial charge < -0.3 is 10.4 Å². The fourth-order valence-corrected chi connectivity index (χ4v) is 3.09. The topological polar surface area (TPSA) is 32.3 Å². The number of hydrogen-bond donors (Lipinski definition) is 2. The van der Waals surface area contributed by atoms with E-state index in [0.717, 1.165) is 18.4 Å². The van der Waals surface area contributed by atoms with Gasteiger partial charge in [0.1, 0.15) is 5.75 Å². The van der Waals surface area contributed by atoms with Gasteiger partial charge in [-0.15, -0.1) is 0 Å². The number of nitrogens with one attached hydrogen (secondary N) is 1. The molecule has 2 aromatic rings. The molecule has 2 nitrogen and oxygen atoms in total. The Balaban J connectivity index is 1.75. The summed E-state index contributed by atoms with van der Waals surface area (Å²) in [4.78, 5) is 0. The zero-order valence-electron chi connectivity index (χ0n) is 11.3. The largest absolute Gasteiger partial charge is 0.508 e. The quantitative estimate of drug-likeness (QED) is 0.886. The van der Waals surface area contributed by atoms with Crippen LogP contribution in [0.5, 0.6) is 5.75 Å². The Bertz CT molecular complexity index is 612. The minimum absolute atomic E-state index is 0.297. The van der Waals surface area contributed by atoms with Crippen LogP contribution in [-0.4, -0.2) is 5.11 Å². The molecule has 1 aliphatic rings. The van der Waals surface area contributed by atoms with E-state index in [-0.39, 0.29) is 0 Å². The van der Waals surface area contributed by atoms with Crippen molar-refractivity contribution in [2.45, 2.75) is 31.8 Å². The average Bonchev–Trinajstić information content (AvgIpc) is 2.48. The van der Waals surface area contributed by atoms with E-state index in [0.29, 0.717) is 23.4 Å². The van der Waals surface area contributed by atoms with Gasteiger partial charge in [0.2, 0.25) is 0 Å². The van der Waals surface area contributed by atoms with Crippen LogP contribution in [0.3, 0.4) is 0 Å². The SMILES string of the molecule is Oc1ccc(Cl)cc1CNC1CCCc2ccccc21. The highest BCUT2D eigenvalue weighted by Crippen LogP contribution is 2.30. The van der Waals surface area contributed by atoms with E-state index in [9.17, 15) is 5.11 Å². The van der Waals surface area contributed by atoms with Crippen LogP contribution in [0.15, 0.2) is 42.5 Å². The molecular formula is C17H18ClNO. The Labute approximate surface area is 124 Å². The summed E-state index contributed by atoms with van der Waals surface area (Å²) in [6, 6.07) is 14.1. The molecule has 2 N–H and O–H groups in total. The van der Waals surface area contributed by atoms with E-state index in [1.807, 2.05) is 6.07 Å². The molecule has 0 spiro atoms. The standard InChI is InChI=1S/C17H18ClNO/c18-14-8-9-17(20)13(10-14)11-19-16-7-3-5-12-4-1-2-6-15(12)16/h1-2,4,6,8-10,16,19-20H,3,5,7,11H2. The van der Waals surface area contributed by atoms with Crippen molar-refractivity contribution in [3.05, 3.63) is 64.2 Å². The Hall–Kier alpha value is -1.51. The van der Waals surface area contributed by atoms with Crippen molar-refractivity contribution in [2.24, 2.45) is 0 Å². The number of halogens is 1. The molecule has 3 heteroatoms. The number of aryl methyl sites for hydroxylation is 1. The third kappa shape index (κ3) is 2.82. The number of rotatable bonds is 3. The van der Waals surface area contributed by atoms with E-state index in [1.165, 1.54) is 17.5 Å². The number of hydrogen-bond acceptors (Lipinski definition) is 2. The second-order valence-electron chi connectivity index (χ2n) is 5.30. The lowest BCUT2D eigenvalue weighted by atomic mass is 9.87. The smallest absolute Gasteiger partial charge is 0.120 e. The Kier molecular flexibility index (Phi) is 3.95. The van der Waals surface area contributed by atoms with Gasteiger partial charge in [-0.2, -0.15) is 0 Å². The number of phenols is 1. The van der Waals surface area contributed by atoms with Crippen molar-refractivity contribution in [1.29, 1.82) is 0 Å². The molecule has 1 aliphatic carbocycles. The van der Waals surface area contributed by atoms with E-state index < -0.39 is 0 Å². The van der Waals surface area contributed by atoms with Gasteiger partial charge in [0.25, 0.3) is 0 Å². The maximum Gasteiger partial charge on any atom is 0.120 e.